The number of anilines is 2. The third-order valence-corrected chi connectivity index (χ3v) is 6.87. The van der Waals surface area contributed by atoms with Gasteiger partial charge in [0.05, 0.1) is 25.5 Å². The van der Waals surface area contributed by atoms with Gasteiger partial charge in [0.2, 0.25) is 11.0 Å². The number of amides is 1. The first kappa shape index (κ1) is 21.6. The molecule has 0 spiro atoms. The normalized spacial score (nSPS) is 14.8. The molecule has 1 aliphatic heterocycles. The number of hydrogen-bond acceptors (Lipinski definition) is 8. The molecule has 1 N–H and O–H groups in total. The van der Waals surface area contributed by atoms with Crippen molar-refractivity contribution in [1.29, 1.82) is 0 Å². The Morgan fingerprint density at radius 3 is 2.68 bits per heavy atom. The molecular weight excluding hydrogens is 432 g/mol. The fourth-order valence-corrected chi connectivity index (χ4v) is 5.25. The van der Waals surface area contributed by atoms with Crippen LogP contribution in [0.3, 0.4) is 0 Å². The molecule has 31 heavy (non-hydrogen) atoms. The second-order valence-corrected chi connectivity index (χ2v) is 9.10. The lowest BCUT2D eigenvalue weighted by Gasteiger charge is -2.30. The highest BCUT2D eigenvalue weighted by atomic mass is 32.2. The SMILES string of the molecule is CCOc1ccccc1Nc1nnc(S[C@H](C(=O)N2CCOCC2)c2ccccc2)s1. The average molecular weight is 457 g/mol. The Bertz CT molecular complexity index is 993. The summed E-state index contributed by atoms with van der Waals surface area (Å²) in [7, 11) is 0. The molecule has 1 atom stereocenters. The third kappa shape index (κ3) is 5.55. The van der Waals surface area contributed by atoms with Crippen LogP contribution in [0.1, 0.15) is 17.7 Å². The lowest BCUT2D eigenvalue weighted by atomic mass is 10.1. The molecular formula is C22H24N4O3S2. The second-order valence-electron chi connectivity index (χ2n) is 6.77. The Morgan fingerprint density at radius 1 is 1.16 bits per heavy atom. The van der Waals surface area contributed by atoms with E-state index in [0.717, 1.165) is 21.3 Å². The summed E-state index contributed by atoms with van der Waals surface area (Å²) in [5.74, 6) is 0.838. The van der Waals surface area contributed by atoms with Gasteiger partial charge in [0, 0.05) is 13.1 Å². The van der Waals surface area contributed by atoms with Gasteiger partial charge in [-0.1, -0.05) is 65.6 Å². The molecule has 0 bridgehead atoms. The molecule has 1 saturated heterocycles. The van der Waals surface area contributed by atoms with Crippen LogP contribution >= 0.6 is 23.1 Å². The van der Waals surface area contributed by atoms with Crippen LogP contribution in [0.2, 0.25) is 0 Å². The van der Waals surface area contributed by atoms with Crippen LogP contribution < -0.4 is 10.1 Å². The summed E-state index contributed by atoms with van der Waals surface area (Å²) in [6.07, 6.45) is 0. The zero-order valence-electron chi connectivity index (χ0n) is 17.2. The van der Waals surface area contributed by atoms with E-state index in [-0.39, 0.29) is 11.2 Å². The van der Waals surface area contributed by atoms with Crippen LogP contribution in [0.5, 0.6) is 5.75 Å². The highest BCUT2D eigenvalue weighted by Crippen LogP contribution is 2.40. The largest absolute Gasteiger partial charge is 0.492 e. The average Bonchev–Trinajstić information content (AvgIpc) is 3.26. The van der Waals surface area contributed by atoms with Crippen molar-refractivity contribution in [3.05, 3.63) is 60.2 Å². The van der Waals surface area contributed by atoms with Gasteiger partial charge >= 0.3 is 0 Å². The van der Waals surface area contributed by atoms with E-state index in [0.29, 0.717) is 38.0 Å². The first-order valence-electron chi connectivity index (χ1n) is 10.1. The van der Waals surface area contributed by atoms with Crippen molar-refractivity contribution in [3.8, 4) is 5.75 Å². The van der Waals surface area contributed by atoms with Gasteiger partial charge in [0.25, 0.3) is 0 Å². The van der Waals surface area contributed by atoms with E-state index in [1.54, 1.807) is 0 Å². The zero-order chi connectivity index (χ0) is 21.5. The summed E-state index contributed by atoms with van der Waals surface area (Å²) in [6.45, 7) is 4.90. The second kappa shape index (κ2) is 10.6. The molecule has 0 saturated carbocycles. The van der Waals surface area contributed by atoms with Gasteiger partial charge in [-0.15, -0.1) is 10.2 Å². The third-order valence-electron chi connectivity index (χ3n) is 4.70. The Morgan fingerprint density at radius 2 is 1.90 bits per heavy atom. The Labute approximate surface area is 189 Å². The quantitative estimate of drug-likeness (QED) is 0.504. The van der Waals surface area contributed by atoms with Crippen LogP contribution in [0.15, 0.2) is 58.9 Å². The van der Waals surface area contributed by atoms with Crippen molar-refractivity contribution in [2.24, 2.45) is 0 Å². The van der Waals surface area contributed by atoms with Crippen molar-refractivity contribution in [3.63, 3.8) is 0 Å². The molecule has 3 aromatic rings. The number of hydrogen-bond donors (Lipinski definition) is 1. The summed E-state index contributed by atoms with van der Waals surface area (Å²) >= 11 is 2.85. The molecule has 4 rings (SSSR count). The topological polar surface area (TPSA) is 76.6 Å². The minimum absolute atomic E-state index is 0.0749. The van der Waals surface area contributed by atoms with Crippen LogP contribution in [0.4, 0.5) is 10.8 Å². The van der Waals surface area contributed by atoms with Crippen molar-refractivity contribution in [2.45, 2.75) is 16.5 Å². The maximum absolute atomic E-state index is 13.3. The minimum atomic E-state index is -0.379. The summed E-state index contributed by atoms with van der Waals surface area (Å²) < 4.78 is 11.8. The monoisotopic (exact) mass is 456 g/mol. The summed E-state index contributed by atoms with van der Waals surface area (Å²) in [6, 6.07) is 17.5. The predicted octanol–water partition coefficient (Wildman–Crippen LogP) is 4.37. The van der Waals surface area contributed by atoms with Crippen LogP contribution in [0, 0.1) is 0 Å². The smallest absolute Gasteiger partial charge is 0.240 e. The molecule has 0 unspecified atom stereocenters. The molecule has 162 valence electrons. The van der Waals surface area contributed by atoms with Gasteiger partial charge in [0.1, 0.15) is 11.0 Å². The number of benzene rings is 2. The first-order valence-corrected chi connectivity index (χ1v) is 11.8. The maximum atomic E-state index is 13.3. The van der Waals surface area contributed by atoms with Crippen molar-refractivity contribution >= 4 is 39.8 Å². The maximum Gasteiger partial charge on any atom is 0.240 e. The highest BCUT2D eigenvalue weighted by Gasteiger charge is 2.29. The Hall–Kier alpha value is -2.62. The van der Waals surface area contributed by atoms with Gasteiger partial charge in [-0.25, -0.2) is 0 Å². The number of rotatable bonds is 8. The summed E-state index contributed by atoms with van der Waals surface area (Å²) in [4.78, 5) is 15.2. The van der Waals surface area contributed by atoms with E-state index < -0.39 is 0 Å². The number of carbonyl (C=O) groups excluding carboxylic acids is 1. The molecule has 0 aliphatic carbocycles. The number of nitrogens with zero attached hydrogens (tertiary/aromatic N) is 3. The first-order chi connectivity index (χ1) is 15.2. The molecule has 2 heterocycles. The van der Waals surface area contributed by atoms with Gasteiger partial charge in [-0.05, 0) is 24.6 Å². The number of ether oxygens (including phenoxy) is 2. The van der Waals surface area contributed by atoms with E-state index >= 15 is 0 Å². The number of carbonyl (C=O) groups is 1. The number of thioether (sulfide) groups is 1. The number of morpholine rings is 1. The number of aromatic nitrogens is 2. The van der Waals surface area contributed by atoms with Crippen molar-refractivity contribution in [2.75, 3.05) is 38.2 Å². The van der Waals surface area contributed by atoms with Gasteiger partial charge in [-0.3, -0.25) is 4.79 Å². The van der Waals surface area contributed by atoms with E-state index in [1.165, 1.54) is 23.1 Å². The van der Waals surface area contributed by atoms with E-state index in [2.05, 4.69) is 15.5 Å². The van der Waals surface area contributed by atoms with Gasteiger partial charge < -0.3 is 19.7 Å². The van der Waals surface area contributed by atoms with Gasteiger partial charge in [0.15, 0.2) is 4.34 Å². The molecule has 1 fully saturated rings. The standard InChI is InChI=1S/C22H24N4O3S2/c1-2-29-18-11-7-6-10-17(18)23-21-24-25-22(31-21)30-19(16-8-4-3-5-9-16)20(27)26-12-14-28-15-13-26/h3-11,19H,2,12-15H2,1H3,(H,23,24)/t19-/m0/s1. The van der Waals surface area contributed by atoms with Gasteiger partial charge in [-0.2, -0.15) is 0 Å². The van der Waals surface area contributed by atoms with Crippen LogP contribution in [0.25, 0.3) is 0 Å². The number of para-hydroxylation sites is 2. The summed E-state index contributed by atoms with van der Waals surface area (Å²) in [5, 5.41) is 12.1. The highest BCUT2D eigenvalue weighted by molar-refractivity contribution is 8.01. The lowest BCUT2D eigenvalue weighted by molar-refractivity contribution is -0.134. The molecule has 1 amide bonds. The summed E-state index contributed by atoms with van der Waals surface area (Å²) in [5.41, 5.74) is 1.79. The Balaban J connectivity index is 1.51. The van der Waals surface area contributed by atoms with E-state index in [1.807, 2.05) is 66.4 Å². The number of nitrogens with one attached hydrogen (secondary N) is 1. The molecule has 7 nitrogen and oxygen atoms in total. The van der Waals surface area contributed by atoms with E-state index in [9.17, 15) is 4.79 Å². The molecule has 0 radical (unpaired) electrons. The van der Waals surface area contributed by atoms with Crippen molar-refractivity contribution in [1.82, 2.24) is 15.1 Å². The molecule has 1 aliphatic rings. The van der Waals surface area contributed by atoms with Crippen LogP contribution in [-0.2, 0) is 9.53 Å². The fraction of sp³-hybridized carbons (Fsp3) is 0.318. The molecule has 9 heteroatoms. The van der Waals surface area contributed by atoms with Crippen LogP contribution in [-0.4, -0.2) is 53.9 Å². The predicted molar refractivity (Wildman–Crippen MR) is 123 cm³/mol. The fourth-order valence-electron chi connectivity index (χ4n) is 3.21. The minimum Gasteiger partial charge on any atom is -0.492 e. The van der Waals surface area contributed by atoms with E-state index in [4.69, 9.17) is 9.47 Å². The molecule has 2 aromatic carbocycles. The Kier molecular flexibility index (Phi) is 7.39. The zero-order valence-corrected chi connectivity index (χ0v) is 18.8. The lowest BCUT2D eigenvalue weighted by Crippen LogP contribution is -2.42. The van der Waals surface area contributed by atoms with Crippen molar-refractivity contribution < 1.29 is 14.3 Å². The molecule has 1 aromatic heterocycles.